The summed E-state index contributed by atoms with van der Waals surface area (Å²) in [5, 5.41) is -0.379. The molecule has 0 atom stereocenters. The minimum Gasteiger partial charge on any atom is -0.438 e. The zero-order valence-corrected chi connectivity index (χ0v) is 22.5. The van der Waals surface area contributed by atoms with Crippen molar-refractivity contribution in [2.45, 2.75) is 25.8 Å². The molecule has 0 spiro atoms. The van der Waals surface area contributed by atoms with Crippen LogP contribution in [-0.4, -0.2) is 43.4 Å². The number of anilines is 2. The van der Waals surface area contributed by atoms with Crippen LogP contribution in [-0.2, 0) is 10.0 Å². The van der Waals surface area contributed by atoms with Crippen LogP contribution in [0.1, 0.15) is 27.0 Å². The largest absolute Gasteiger partial charge is 0.438 e. The topological polar surface area (TPSA) is 140 Å². The number of rotatable bonds is 7. The quantitative estimate of drug-likeness (QED) is 0.361. The summed E-state index contributed by atoms with van der Waals surface area (Å²) in [6.45, 7) is 5.75. The van der Waals surface area contributed by atoms with Crippen molar-refractivity contribution in [3.05, 3.63) is 83.0 Å². The highest BCUT2D eigenvalue weighted by atomic mass is 32.2. The van der Waals surface area contributed by atoms with Crippen LogP contribution in [0.15, 0.2) is 65.8 Å². The number of sulfonamides is 1. The van der Waals surface area contributed by atoms with Gasteiger partial charge in [-0.1, -0.05) is 23.8 Å². The standard InChI is InChI=1S/C27H28N6O4S/c1-16-13-17(2)25(18(3)14-16)37-27-20(26(34)32-38(35,36)24-8-6-7-22(28)31-24)10-11-21(30-27)19-9-12-23(29-15-19)33(4)5/h6-15H,1-5H3,(H2,28,31)(H,32,34). The first-order valence-electron chi connectivity index (χ1n) is 11.6. The van der Waals surface area contributed by atoms with E-state index in [0.29, 0.717) is 17.0 Å². The van der Waals surface area contributed by atoms with E-state index >= 15 is 0 Å². The zero-order chi connectivity index (χ0) is 27.6. The third kappa shape index (κ3) is 5.73. The molecule has 0 radical (unpaired) electrons. The monoisotopic (exact) mass is 532 g/mol. The molecule has 1 amide bonds. The number of carbonyl (C=O) groups excluding carboxylic acids is 1. The maximum Gasteiger partial charge on any atom is 0.281 e. The van der Waals surface area contributed by atoms with Crippen LogP contribution in [0.3, 0.4) is 0 Å². The van der Waals surface area contributed by atoms with Crippen molar-refractivity contribution in [3.8, 4) is 22.9 Å². The summed E-state index contributed by atoms with van der Waals surface area (Å²) < 4.78 is 33.9. The smallest absolute Gasteiger partial charge is 0.281 e. The molecule has 4 aromatic rings. The fourth-order valence-electron chi connectivity index (χ4n) is 3.89. The Labute approximate surface area is 221 Å². The van der Waals surface area contributed by atoms with Crippen LogP contribution in [0, 0.1) is 20.8 Å². The molecule has 0 unspecified atom stereocenters. The maximum absolute atomic E-state index is 13.2. The first-order valence-corrected chi connectivity index (χ1v) is 13.1. The lowest BCUT2D eigenvalue weighted by atomic mass is 10.1. The van der Waals surface area contributed by atoms with Gasteiger partial charge in [0.2, 0.25) is 5.88 Å². The van der Waals surface area contributed by atoms with Gasteiger partial charge in [-0.05, 0) is 68.3 Å². The number of nitrogens with zero attached hydrogens (tertiary/aromatic N) is 4. The molecule has 0 aliphatic carbocycles. The summed E-state index contributed by atoms with van der Waals surface area (Å²) >= 11 is 0. The number of benzene rings is 1. The van der Waals surface area contributed by atoms with E-state index in [1.54, 1.807) is 12.3 Å². The predicted molar refractivity (Wildman–Crippen MR) is 146 cm³/mol. The summed E-state index contributed by atoms with van der Waals surface area (Å²) in [6.07, 6.45) is 1.67. The number of aromatic nitrogens is 3. The van der Waals surface area contributed by atoms with Crippen LogP contribution in [0.5, 0.6) is 11.6 Å². The lowest BCUT2D eigenvalue weighted by molar-refractivity contribution is 0.0978. The van der Waals surface area contributed by atoms with E-state index in [0.717, 1.165) is 22.5 Å². The minimum atomic E-state index is -4.31. The van der Waals surface area contributed by atoms with Crippen molar-refractivity contribution in [2.75, 3.05) is 24.7 Å². The minimum absolute atomic E-state index is 0.00887. The summed E-state index contributed by atoms with van der Waals surface area (Å²) in [7, 11) is -0.529. The molecule has 4 rings (SSSR count). The van der Waals surface area contributed by atoms with E-state index in [2.05, 4.69) is 15.0 Å². The Balaban J connectivity index is 1.77. The molecule has 0 saturated heterocycles. The molecular formula is C27H28N6O4S. The molecule has 3 aromatic heterocycles. The van der Waals surface area contributed by atoms with Crippen molar-refractivity contribution < 1.29 is 17.9 Å². The van der Waals surface area contributed by atoms with Gasteiger partial charge in [0.05, 0.1) is 5.69 Å². The SMILES string of the molecule is Cc1cc(C)c(Oc2nc(-c3ccc(N(C)C)nc3)ccc2C(=O)NS(=O)(=O)c2cccc(N)n2)c(C)c1. The summed E-state index contributed by atoms with van der Waals surface area (Å²) in [4.78, 5) is 27.9. The van der Waals surface area contributed by atoms with Gasteiger partial charge in [-0.15, -0.1) is 0 Å². The number of pyridine rings is 3. The highest BCUT2D eigenvalue weighted by Gasteiger charge is 2.25. The van der Waals surface area contributed by atoms with Crippen molar-refractivity contribution in [1.29, 1.82) is 0 Å². The van der Waals surface area contributed by atoms with E-state index in [9.17, 15) is 13.2 Å². The van der Waals surface area contributed by atoms with Gasteiger partial charge in [0, 0.05) is 25.9 Å². The van der Waals surface area contributed by atoms with Gasteiger partial charge in [0.25, 0.3) is 15.9 Å². The first kappa shape index (κ1) is 26.6. The Morgan fingerprint density at radius 2 is 1.68 bits per heavy atom. The molecule has 0 bridgehead atoms. The molecule has 3 N–H and O–H groups in total. The van der Waals surface area contributed by atoms with E-state index in [1.165, 1.54) is 24.3 Å². The fourth-order valence-corrected chi connectivity index (χ4v) is 4.83. The van der Waals surface area contributed by atoms with E-state index < -0.39 is 15.9 Å². The molecule has 0 aliphatic heterocycles. The normalized spacial score (nSPS) is 11.2. The van der Waals surface area contributed by atoms with Crippen LogP contribution in [0.2, 0.25) is 0 Å². The Bertz CT molecular complexity index is 1600. The first-order chi connectivity index (χ1) is 17.9. The average molecular weight is 533 g/mol. The zero-order valence-electron chi connectivity index (χ0n) is 21.7. The van der Waals surface area contributed by atoms with Crippen LogP contribution in [0.4, 0.5) is 11.6 Å². The lowest BCUT2D eigenvalue weighted by Crippen LogP contribution is -2.31. The Kier molecular flexibility index (Phi) is 7.31. The number of hydrogen-bond donors (Lipinski definition) is 2. The van der Waals surface area contributed by atoms with Gasteiger partial charge >= 0.3 is 0 Å². The summed E-state index contributed by atoms with van der Waals surface area (Å²) in [6, 6.07) is 14.8. The highest BCUT2D eigenvalue weighted by molar-refractivity contribution is 7.90. The van der Waals surface area contributed by atoms with Crippen molar-refractivity contribution in [2.24, 2.45) is 0 Å². The molecule has 0 saturated carbocycles. The Hall–Kier alpha value is -4.51. The highest BCUT2D eigenvalue weighted by Crippen LogP contribution is 2.32. The van der Waals surface area contributed by atoms with E-state index in [-0.39, 0.29) is 22.3 Å². The number of aryl methyl sites for hydroxylation is 3. The second-order valence-electron chi connectivity index (χ2n) is 9.01. The van der Waals surface area contributed by atoms with Gasteiger partial charge in [-0.25, -0.2) is 19.7 Å². The average Bonchev–Trinajstić information content (AvgIpc) is 2.86. The number of hydrogen-bond acceptors (Lipinski definition) is 9. The predicted octanol–water partition coefficient (Wildman–Crippen LogP) is 4.02. The molecule has 196 valence electrons. The van der Waals surface area contributed by atoms with Gasteiger partial charge in [0.15, 0.2) is 5.03 Å². The number of ether oxygens (including phenoxy) is 1. The second kappa shape index (κ2) is 10.5. The third-order valence-electron chi connectivity index (χ3n) is 5.66. The molecule has 1 aromatic carbocycles. The number of carbonyl (C=O) groups is 1. The number of nitrogens with two attached hydrogens (primary N) is 1. The molecule has 11 heteroatoms. The number of amides is 1. The second-order valence-corrected chi connectivity index (χ2v) is 10.6. The maximum atomic E-state index is 13.2. The number of nitrogens with one attached hydrogen (secondary N) is 1. The van der Waals surface area contributed by atoms with Gasteiger partial charge in [-0.2, -0.15) is 8.42 Å². The Morgan fingerprint density at radius 3 is 2.29 bits per heavy atom. The molecule has 10 nitrogen and oxygen atoms in total. The molecule has 0 fully saturated rings. The third-order valence-corrected chi connectivity index (χ3v) is 6.89. The van der Waals surface area contributed by atoms with E-state index in [4.69, 9.17) is 10.5 Å². The number of nitrogen functional groups attached to an aromatic ring is 1. The van der Waals surface area contributed by atoms with Crippen molar-refractivity contribution in [3.63, 3.8) is 0 Å². The van der Waals surface area contributed by atoms with E-state index in [1.807, 2.05) is 68.8 Å². The lowest BCUT2D eigenvalue weighted by Gasteiger charge is -2.16. The van der Waals surface area contributed by atoms with Crippen LogP contribution >= 0.6 is 0 Å². The fraction of sp³-hybridized carbons (Fsp3) is 0.185. The molecule has 38 heavy (non-hydrogen) atoms. The molecular weight excluding hydrogens is 504 g/mol. The Morgan fingerprint density at radius 1 is 0.974 bits per heavy atom. The molecule has 3 heterocycles. The molecule has 0 aliphatic rings. The van der Waals surface area contributed by atoms with Crippen LogP contribution in [0.25, 0.3) is 11.3 Å². The van der Waals surface area contributed by atoms with Gasteiger partial charge in [0.1, 0.15) is 22.9 Å². The van der Waals surface area contributed by atoms with Gasteiger partial charge < -0.3 is 15.4 Å². The van der Waals surface area contributed by atoms with Gasteiger partial charge in [-0.3, -0.25) is 4.79 Å². The van der Waals surface area contributed by atoms with Crippen molar-refractivity contribution in [1.82, 2.24) is 19.7 Å². The van der Waals surface area contributed by atoms with Crippen LogP contribution < -0.4 is 20.1 Å². The summed E-state index contributed by atoms with van der Waals surface area (Å²) in [5.41, 5.74) is 9.48. The van der Waals surface area contributed by atoms with Crippen molar-refractivity contribution >= 4 is 27.6 Å². The summed E-state index contributed by atoms with van der Waals surface area (Å²) in [5.74, 6) is 0.326.